The summed E-state index contributed by atoms with van der Waals surface area (Å²) in [7, 11) is 0. The van der Waals surface area contributed by atoms with E-state index in [1.807, 2.05) is 6.08 Å². The maximum Gasteiger partial charge on any atom is 0.343 e. The summed E-state index contributed by atoms with van der Waals surface area (Å²) >= 11 is 0. The monoisotopic (exact) mass is 512 g/mol. The van der Waals surface area contributed by atoms with Crippen LogP contribution >= 0.6 is 0 Å². The Morgan fingerprint density at radius 2 is 1.73 bits per heavy atom. The molecule has 0 heterocycles. The normalized spacial score (nSPS) is 23.5. The number of benzene rings is 2. The van der Waals surface area contributed by atoms with Gasteiger partial charge in [-0.3, -0.25) is 0 Å². The summed E-state index contributed by atoms with van der Waals surface area (Å²) in [6.07, 6.45) is 14.3. The first-order valence-electron chi connectivity index (χ1n) is 13.3. The third-order valence-corrected chi connectivity index (χ3v) is 7.96. The molecule has 2 aliphatic rings. The van der Waals surface area contributed by atoms with E-state index in [2.05, 4.69) is 6.58 Å². The van der Waals surface area contributed by atoms with Crippen LogP contribution in [0.5, 0.6) is 11.5 Å². The molecule has 0 bridgehead atoms. The molecule has 4 atom stereocenters. The van der Waals surface area contributed by atoms with Gasteiger partial charge in [0, 0.05) is 0 Å². The molecule has 2 aliphatic carbocycles. The molecule has 0 amide bonds. The van der Waals surface area contributed by atoms with Gasteiger partial charge in [-0.25, -0.2) is 9.18 Å². The first-order chi connectivity index (χ1) is 17.9. The molecule has 2 aromatic rings. The van der Waals surface area contributed by atoms with E-state index in [9.17, 15) is 13.6 Å². The van der Waals surface area contributed by atoms with Crippen molar-refractivity contribution in [2.45, 2.75) is 64.2 Å². The number of esters is 1. The third kappa shape index (κ3) is 6.46. The van der Waals surface area contributed by atoms with Crippen LogP contribution in [0.1, 0.15) is 80.1 Å². The molecular formula is C31H35F3O3. The van der Waals surface area contributed by atoms with Gasteiger partial charge in [0.2, 0.25) is 11.6 Å². The minimum Gasteiger partial charge on any atom is -0.486 e. The Labute approximate surface area is 217 Å². The molecule has 4 rings (SSSR count). The van der Waals surface area contributed by atoms with Crippen molar-refractivity contribution in [3.05, 3.63) is 83.7 Å². The Morgan fingerprint density at radius 1 is 1.00 bits per heavy atom. The lowest BCUT2D eigenvalue weighted by molar-refractivity contribution is 0.0725. The minimum absolute atomic E-state index is 0.0501. The highest BCUT2D eigenvalue weighted by molar-refractivity contribution is 5.91. The van der Waals surface area contributed by atoms with Crippen molar-refractivity contribution in [3.63, 3.8) is 0 Å². The van der Waals surface area contributed by atoms with E-state index in [0.717, 1.165) is 43.7 Å². The number of fused-ring (bicyclic) bond motifs is 1. The lowest BCUT2D eigenvalue weighted by atomic mass is 9.63. The van der Waals surface area contributed by atoms with Crippen LogP contribution in [-0.2, 0) is 0 Å². The topological polar surface area (TPSA) is 35.5 Å². The smallest absolute Gasteiger partial charge is 0.343 e. The number of carbonyl (C=O) groups is 1. The molecule has 6 heteroatoms. The van der Waals surface area contributed by atoms with Gasteiger partial charge in [0.05, 0.1) is 5.56 Å². The average molecular weight is 513 g/mol. The number of halogens is 3. The van der Waals surface area contributed by atoms with E-state index in [1.54, 1.807) is 25.1 Å². The molecule has 0 aliphatic heterocycles. The maximum atomic E-state index is 15.1. The molecular weight excluding hydrogens is 477 g/mol. The quantitative estimate of drug-likeness (QED) is 0.192. The molecule has 0 spiro atoms. The number of allylic oxidation sites excluding steroid dienone is 2. The van der Waals surface area contributed by atoms with Crippen LogP contribution in [-0.4, -0.2) is 12.6 Å². The van der Waals surface area contributed by atoms with E-state index in [0.29, 0.717) is 17.4 Å². The number of rotatable bonds is 9. The molecule has 2 aromatic carbocycles. The SMILES string of the molecule is C=CCCC1CCC2CC(c3ccc(C(=O)Oc4ccc(OC/C=C/C)c(F)c4F)cc3F)CCC2C1. The second-order valence-electron chi connectivity index (χ2n) is 10.3. The Kier molecular flexibility index (Phi) is 9.12. The number of hydrogen-bond donors (Lipinski definition) is 0. The van der Waals surface area contributed by atoms with Gasteiger partial charge in [0.15, 0.2) is 11.5 Å². The summed E-state index contributed by atoms with van der Waals surface area (Å²) < 4.78 is 54.0. The van der Waals surface area contributed by atoms with Crippen LogP contribution < -0.4 is 9.47 Å². The molecule has 0 N–H and O–H groups in total. The highest BCUT2D eigenvalue weighted by atomic mass is 19.2. The van der Waals surface area contributed by atoms with Gasteiger partial charge in [0.25, 0.3) is 0 Å². The van der Waals surface area contributed by atoms with Gasteiger partial charge in [-0.05, 0) is 105 Å². The van der Waals surface area contributed by atoms with Crippen LogP contribution in [0.25, 0.3) is 0 Å². The van der Waals surface area contributed by atoms with Gasteiger partial charge >= 0.3 is 5.97 Å². The van der Waals surface area contributed by atoms with E-state index >= 15 is 4.39 Å². The van der Waals surface area contributed by atoms with Gasteiger partial charge in [-0.2, -0.15) is 8.78 Å². The zero-order valence-corrected chi connectivity index (χ0v) is 21.4. The van der Waals surface area contributed by atoms with Crippen LogP contribution in [0.2, 0.25) is 0 Å². The number of hydrogen-bond acceptors (Lipinski definition) is 3. The zero-order valence-electron chi connectivity index (χ0n) is 21.4. The van der Waals surface area contributed by atoms with Gasteiger partial charge in [-0.1, -0.05) is 30.7 Å². The van der Waals surface area contributed by atoms with Gasteiger partial charge < -0.3 is 9.47 Å². The molecule has 0 aromatic heterocycles. The average Bonchev–Trinajstić information content (AvgIpc) is 2.91. The highest BCUT2D eigenvalue weighted by Gasteiger charge is 2.36. The zero-order chi connectivity index (χ0) is 26.4. The Hall–Kier alpha value is -3.02. The van der Waals surface area contributed by atoms with Crippen LogP contribution in [0.15, 0.2) is 55.1 Å². The van der Waals surface area contributed by atoms with Gasteiger partial charge in [-0.15, -0.1) is 6.58 Å². The van der Waals surface area contributed by atoms with Crippen molar-refractivity contribution in [3.8, 4) is 11.5 Å². The Balaban J connectivity index is 1.38. The van der Waals surface area contributed by atoms with Crippen molar-refractivity contribution < 1.29 is 27.4 Å². The van der Waals surface area contributed by atoms with Crippen molar-refractivity contribution in [2.24, 2.45) is 17.8 Å². The summed E-state index contributed by atoms with van der Waals surface area (Å²) in [6.45, 7) is 5.69. The first-order valence-corrected chi connectivity index (χ1v) is 13.3. The molecule has 0 radical (unpaired) electrons. The van der Waals surface area contributed by atoms with Crippen molar-refractivity contribution >= 4 is 5.97 Å². The number of ether oxygens (including phenoxy) is 2. The van der Waals surface area contributed by atoms with Crippen LogP contribution in [0, 0.1) is 35.2 Å². The summed E-state index contributed by atoms with van der Waals surface area (Å²) in [6, 6.07) is 6.59. The molecule has 2 saturated carbocycles. The fourth-order valence-electron chi connectivity index (χ4n) is 5.97. The largest absolute Gasteiger partial charge is 0.486 e. The number of carbonyl (C=O) groups excluding carboxylic acids is 1. The standard InChI is InChI=1S/C31H35F3O3/c1-3-5-7-20-8-9-22-18-23(11-10-21(22)17-20)25-13-12-24(19-26(25)32)31(35)37-28-15-14-27(29(33)30(28)34)36-16-6-4-2/h3-4,6,12-15,19-23H,1,5,7-11,16-18H2,2H3/b6-4+. The summed E-state index contributed by atoms with van der Waals surface area (Å²) in [5.41, 5.74) is 0.564. The predicted octanol–water partition coefficient (Wildman–Crippen LogP) is 8.54. The minimum atomic E-state index is -1.33. The second-order valence-corrected chi connectivity index (χ2v) is 10.3. The second kappa shape index (κ2) is 12.5. The lowest BCUT2D eigenvalue weighted by Gasteiger charge is -2.42. The molecule has 0 saturated heterocycles. The third-order valence-electron chi connectivity index (χ3n) is 7.96. The van der Waals surface area contributed by atoms with E-state index in [-0.39, 0.29) is 23.8 Å². The fourth-order valence-corrected chi connectivity index (χ4v) is 5.97. The maximum absolute atomic E-state index is 15.1. The van der Waals surface area contributed by atoms with E-state index in [4.69, 9.17) is 9.47 Å². The summed E-state index contributed by atoms with van der Waals surface area (Å²) in [5.74, 6) is -2.63. The van der Waals surface area contributed by atoms with Crippen molar-refractivity contribution in [2.75, 3.05) is 6.61 Å². The van der Waals surface area contributed by atoms with Crippen molar-refractivity contribution in [1.29, 1.82) is 0 Å². The Bertz CT molecular complexity index is 1140. The van der Waals surface area contributed by atoms with E-state index < -0.39 is 29.2 Å². The molecule has 4 unspecified atom stereocenters. The van der Waals surface area contributed by atoms with E-state index in [1.165, 1.54) is 37.8 Å². The fraction of sp³-hybridized carbons (Fsp3) is 0.452. The molecule has 2 fully saturated rings. The van der Waals surface area contributed by atoms with Crippen LogP contribution in [0.4, 0.5) is 13.2 Å². The summed E-state index contributed by atoms with van der Waals surface area (Å²) in [4.78, 5) is 12.6. The predicted molar refractivity (Wildman–Crippen MR) is 138 cm³/mol. The van der Waals surface area contributed by atoms with Crippen molar-refractivity contribution in [1.82, 2.24) is 0 Å². The molecule has 37 heavy (non-hydrogen) atoms. The molecule has 198 valence electrons. The van der Waals surface area contributed by atoms with Gasteiger partial charge in [0.1, 0.15) is 12.4 Å². The van der Waals surface area contributed by atoms with Crippen LogP contribution in [0.3, 0.4) is 0 Å². The summed E-state index contributed by atoms with van der Waals surface area (Å²) in [5, 5.41) is 0. The lowest BCUT2D eigenvalue weighted by Crippen LogP contribution is -2.30. The first kappa shape index (κ1) is 27.0. The highest BCUT2D eigenvalue weighted by Crippen LogP contribution is 2.48. The Morgan fingerprint density at radius 3 is 2.49 bits per heavy atom. The molecule has 3 nitrogen and oxygen atoms in total.